The number of aromatic nitrogens is 2. The second-order valence-corrected chi connectivity index (χ2v) is 6.04. The number of thiophene rings is 1. The quantitative estimate of drug-likeness (QED) is 0.670. The highest BCUT2D eigenvalue weighted by Crippen LogP contribution is 2.29. The molecule has 0 aliphatic carbocycles. The van der Waals surface area contributed by atoms with Crippen molar-refractivity contribution in [2.24, 2.45) is 5.92 Å². The topological polar surface area (TPSA) is 51.8 Å². The molecule has 0 saturated heterocycles. The summed E-state index contributed by atoms with van der Waals surface area (Å²) in [5, 5.41) is 4.18. The fourth-order valence-electron chi connectivity index (χ4n) is 1.35. The number of nitrogens with zero attached hydrogens (tertiary/aromatic N) is 2. The Kier molecular flexibility index (Phi) is 3.66. The predicted molar refractivity (Wildman–Crippen MR) is 72.0 cm³/mol. The van der Waals surface area contributed by atoms with Crippen LogP contribution in [0, 0.1) is 5.92 Å². The summed E-state index contributed by atoms with van der Waals surface area (Å²) in [6.07, 6.45) is 1.19. The van der Waals surface area contributed by atoms with E-state index in [-0.39, 0.29) is 0 Å². The largest absolute Gasteiger partial charge is 0.368 e. The molecule has 0 bridgehead atoms. The average molecular weight is 253 g/mol. The third-order valence-corrected chi connectivity index (χ3v) is 4.07. The van der Waals surface area contributed by atoms with Crippen LogP contribution in [0.4, 0.5) is 5.95 Å². The number of thioether (sulfide) groups is 1. The van der Waals surface area contributed by atoms with Crippen LogP contribution in [0.1, 0.15) is 20.3 Å². The second kappa shape index (κ2) is 5.01. The lowest BCUT2D eigenvalue weighted by molar-refractivity contribution is 0.632. The van der Waals surface area contributed by atoms with Crippen molar-refractivity contribution >= 4 is 39.3 Å². The molecule has 0 fully saturated rings. The lowest BCUT2D eigenvalue weighted by Crippen LogP contribution is -1.96. The van der Waals surface area contributed by atoms with Gasteiger partial charge in [-0.05, 0) is 29.5 Å². The summed E-state index contributed by atoms with van der Waals surface area (Å²) < 4.78 is 0. The van der Waals surface area contributed by atoms with Crippen LogP contribution in [-0.4, -0.2) is 15.7 Å². The summed E-state index contributed by atoms with van der Waals surface area (Å²) in [5.74, 6) is 2.19. The van der Waals surface area contributed by atoms with Gasteiger partial charge in [0.2, 0.25) is 5.95 Å². The summed E-state index contributed by atoms with van der Waals surface area (Å²) in [7, 11) is 0. The molecule has 2 rings (SSSR count). The van der Waals surface area contributed by atoms with Crippen molar-refractivity contribution < 1.29 is 0 Å². The molecule has 0 aromatic carbocycles. The van der Waals surface area contributed by atoms with Crippen molar-refractivity contribution in [3.8, 4) is 0 Å². The van der Waals surface area contributed by atoms with E-state index in [1.165, 1.54) is 6.42 Å². The lowest BCUT2D eigenvalue weighted by Gasteiger charge is -2.05. The maximum absolute atomic E-state index is 5.69. The predicted octanol–water partition coefficient (Wildman–Crippen LogP) is 3.41. The molecular formula is C11H15N3S2. The second-order valence-electron chi connectivity index (χ2n) is 4.06. The van der Waals surface area contributed by atoms with Gasteiger partial charge < -0.3 is 5.73 Å². The minimum Gasteiger partial charge on any atom is -0.368 e. The van der Waals surface area contributed by atoms with Crippen LogP contribution >= 0.6 is 23.1 Å². The van der Waals surface area contributed by atoms with Gasteiger partial charge in [-0.3, -0.25) is 0 Å². The minimum atomic E-state index is 0.377. The number of hydrogen-bond donors (Lipinski definition) is 1. The molecule has 0 amide bonds. The first-order valence-electron chi connectivity index (χ1n) is 5.30. The van der Waals surface area contributed by atoms with Gasteiger partial charge in [-0.25, -0.2) is 9.97 Å². The molecule has 16 heavy (non-hydrogen) atoms. The summed E-state index contributed by atoms with van der Waals surface area (Å²) in [6, 6.07) is 2.07. The molecule has 2 N–H and O–H groups in total. The van der Waals surface area contributed by atoms with Crippen LogP contribution in [0.2, 0.25) is 0 Å². The van der Waals surface area contributed by atoms with Gasteiger partial charge in [-0.2, -0.15) is 0 Å². The number of nitrogens with two attached hydrogens (primary N) is 1. The van der Waals surface area contributed by atoms with Crippen LogP contribution in [0.5, 0.6) is 0 Å². The van der Waals surface area contributed by atoms with E-state index >= 15 is 0 Å². The molecule has 0 spiro atoms. The summed E-state index contributed by atoms with van der Waals surface area (Å²) >= 11 is 3.38. The van der Waals surface area contributed by atoms with Crippen LogP contribution < -0.4 is 5.73 Å². The molecule has 5 heteroatoms. The zero-order chi connectivity index (χ0) is 11.5. The number of rotatable bonds is 4. The number of anilines is 1. The van der Waals surface area contributed by atoms with Gasteiger partial charge in [0.1, 0.15) is 9.86 Å². The number of fused-ring (bicyclic) bond motifs is 1. The Morgan fingerprint density at radius 3 is 3.00 bits per heavy atom. The monoisotopic (exact) mass is 253 g/mol. The highest BCUT2D eigenvalue weighted by atomic mass is 32.2. The normalized spacial score (nSPS) is 11.4. The van der Waals surface area contributed by atoms with E-state index in [0.29, 0.717) is 5.95 Å². The van der Waals surface area contributed by atoms with Crippen molar-refractivity contribution in [1.29, 1.82) is 0 Å². The molecule has 0 atom stereocenters. The van der Waals surface area contributed by atoms with Crippen molar-refractivity contribution in [1.82, 2.24) is 9.97 Å². The van der Waals surface area contributed by atoms with E-state index in [2.05, 4.69) is 29.9 Å². The molecule has 86 valence electrons. The molecule has 2 aromatic heterocycles. The summed E-state index contributed by atoms with van der Waals surface area (Å²) in [5.41, 5.74) is 5.69. The van der Waals surface area contributed by atoms with Gasteiger partial charge in [-0.15, -0.1) is 23.1 Å². The molecule has 0 aliphatic heterocycles. The van der Waals surface area contributed by atoms with Crippen LogP contribution in [0.15, 0.2) is 16.5 Å². The standard InChI is InChI=1S/C11H15N3S2/c1-7(2)3-5-15-9-8-4-6-16-10(8)14-11(12)13-9/h4,6-7H,3,5H2,1-2H3,(H2,12,13,14). The molecular weight excluding hydrogens is 238 g/mol. The molecule has 0 unspecified atom stereocenters. The van der Waals surface area contributed by atoms with Crippen molar-refractivity contribution in [2.45, 2.75) is 25.3 Å². The van der Waals surface area contributed by atoms with Crippen LogP contribution in [0.3, 0.4) is 0 Å². The lowest BCUT2D eigenvalue weighted by atomic mass is 10.2. The van der Waals surface area contributed by atoms with Crippen molar-refractivity contribution in [3.63, 3.8) is 0 Å². The Balaban J connectivity index is 2.19. The zero-order valence-corrected chi connectivity index (χ0v) is 11.1. The van der Waals surface area contributed by atoms with Gasteiger partial charge in [0.05, 0.1) is 0 Å². The highest BCUT2D eigenvalue weighted by Gasteiger charge is 2.07. The molecule has 2 heterocycles. The Labute approximate surface area is 103 Å². The van der Waals surface area contributed by atoms with Crippen LogP contribution in [-0.2, 0) is 0 Å². The van der Waals surface area contributed by atoms with E-state index in [1.807, 2.05) is 5.38 Å². The minimum absolute atomic E-state index is 0.377. The van der Waals surface area contributed by atoms with Gasteiger partial charge in [0.25, 0.3) is 0 Å². The van der Waals surface area contributed by atoms with Crippen LogP contribution in [0.25, 0.3) is 10.2 Å². The zero-order valence-electron chi connectivity index (χ0n) is 9.43. The Hall–Kier alpha value is -0.810. The summed E-state index contributed by atoms with van der Waals surface area (Å²) in [6.45, 7) is 4.46. The fraction of sp³-hybridized carbons (Fsp3) is 0.455. The molecule has 0 aliphatic rings. The van der Waals surface area contributed by atoms with Gasteiger partial charge in [0.15, 0.2) is 0 Å². The molecule has 0 radical (unpaired) electrons. The number of hydrogen-bond acceptors (Lipinski definition) is 5. The van der Waals surface area contributed by atoms with Gasteiger partial charge in [0, 0.05) is 5.39 Å². The maximum atomic E-state index is 5.69. The van der Waals surface area contributed by atoms with Crippen molar-refractivity contribution in [2.75, 3.05) is 11.5 Å². The Bertz CT molecular complexity index is 479. The average Bonchev–Trinajstić information content (AvgIpc) is 2.64. The highest BCUT2D eigenvalue weighted by molar-refractivity contribution is 7.99. The first-order chi connectivity index (χ1) is 7.66. The van der Waals surface area contributed by atoms with E-state index in [0.717, 1.165) is 26.9 Å². The third-order valence-electron chi connectivity index (χ3n) is 2.24. The molecule has 2 aromatic rings. The fourth-order valence-corrected chi connectivity index (χ4v) is 3.44. The van der Waals surface area contributed by atoms with E-state index in [9.17, 15) is 0 Å². The van der Waals surface area contributed by atoms with E-state index < -0.39 is 0 Å². The first-order valence-corrected chi connectivity index (χ1v) is 7.17. The van der Waals surface area contributed by atoms with E-state index in [1.54, 1.807) is 23.1 Å². The molecule has 0 saturated carbocycles. The van der Waals surface area contributed by atoms with E-state index in [4.69, 9.17) is 5.73 Å². The Morgan fingerprint density at radius 2 is 2.25 bits per heavy atom. The smallest absolute Gasteiger partial charge is 0.222 e. The van der Waals surface area contributed by atoms with Crippen molar-refractivity contribution in [3.05, 3.63) is 11.4 Å². The number of nitrogen functional groups attached to an aromatic ring is 1. The van der Waals surface area contributed by atoms with Gasteiger partial charge >= 0.3 is 0 Å². The summed E-state index contributed by atoms with van der Waals surface area (Å²) in [4.78, 5) is 9.50. The molecule has 3 nitrogen and oxygen atoms in total. The first kappa shape index (κ1) is 11.7. The Morgan fingerprint density at radius 1 is 1.44 bits per heavy atom. The SMILES string of the molecule is CC(C)CCSc1nc(N)nc2sccc12. The van der Waals surface area contributed by atoms with Gasteiger partial charge in [-0.1, -0.05) is 13.8 Å². The third kappa shape index (κ3) is 2.65. The maximum Gasteiger partial charge on any atom is 0.222 e.